The van der Waals surface area contributed by atoms with Gasteiger partial charge < -0.3 is 27.4 Å². The fraction of sp³-hybridized carbons (Fsp3) is 0. The third-order valence-electron chi connectivity index (χ3n) is 0. The van der Waals surface area contributed by atoms with E-state index in [2.05, 4.69) is 0 Å². The molecule has 0 fully saturated rings. The second kappa shape index (κ2) is 1050. The van der Waals surface area contributed by atoms with Crippen molar-refractivity contribution in [1.82, 2.24) is 0 Å². The van der Waals surface area contributed by atoms with Crippen LogP contribution in [-0.2, 0) is 16.8 Å². The van der Waals surface area contributed by atoms with Crippen molar-refractivity contribution in [3.05, 3.63) is 0 Å². The van der Waals surface area contributed by atoms with E-state index in [1.165, 1.54) is 0 Å². The molecule has 0 atom stereocenters. The predicted molar refractivity (Wildman–Crippen MR) is 14.7 cm³/mol. The molecule has 6 heavy (non-hydrogen) atoms. The third kappa shape index (κ3) is 501. The molecule has 0 spiro atoms. The van der Waals surface area contributed by atoms with Crippen LogP contribution in [0.3, 0.4) is 0 Å². The van der Waals surface area contributed by atoms with Gasteiger partial charge in [0.2, 0.25) is 0 Å². The van der Waals surface area contributed by atoms with Gasteiger partial charge in [0.05, 0.1) is 0 Å². The Morgan fingerprint density at radius 1 is 0.500 bits per heavy atom. The molecular weight excluding hydrogens is 139 g/mol. The number of hydrogen-bond acceptors (Lipinski definition) is 2. The molecule has 0 saturated carbocycles. The molecule has 6 heteroatoms. The first kappa shape index (κ1) is 1890. The van der Waals surface area contributed by atoms with E-state index in [0.717, 1.165) is 0 Å². The standard InChI is InChI=1S/Co.5H2O/h;5*1H2/q+2;;;;;/p-2. The van der Waals surface area contributed by atoms with Gasteiger partial charge in [-0.05, 0) is 0 Å². The summed E-state index contributed by atoms with van der Waals surface area (Å²) in [5, 5.41) is 0. The Morgan fingerprint density at radius 2 is 0.500 bits per heavy atom. The largest absolute Gasteiger partial charge is 2.00 e. The van der Waals surface area contributed by atoms with Crippen molar-refractivity contribution < 1.29 is 44.2 Å². The second-order valence-corrected chi connectivity index (χ2v) is 0. The van der Waals surface area contributed by atoms with Gasteiger partial charge in [0.15, 0.2) is 0 Å². The summed E-state index contributed by atoms with van der Waals surface area (Å²) in [6.45, 7) is 0. The summed E-state index contributed by atoms with van der Waals surface area (Å²) in [4.78, 5) is 0. The molecule has 47 valence electrons. The topological polar surface area (TPSA) is 154 Å². The van der Waals surface area contributed by atoms with Crippen LogP contribution in [0.1, 0.15) is 0 Å². The number of hydrogen-bond donors (Lipinski definition) is 0. The Morgan fingerprint density at radius 3 is 0.500 bits per heavy atom. The summed E-state index contributed by atoms with van der Waals surface area (Å²) in [7, 11) is 0. The van der Waals surface area contributed by atoms with Gasteiger partial charge in [0.1, 0.15) is 0 Å². The molecule has 0 bridgehead atoms. The van der Waals surface area contributed by atoms with E-state index >= 15 is 0 Å². The van der Waals surface area contributed by atoms with Crippen LogP contribution < -0.4 is 0 Å². The number of rotatable bonds is 0. The minimum atomic E-state index is 0. The van der Waals surface area contributed by atoms with E-state index in [9.17, 15) is 0 Å². The molecular formula is H8CoO5. The quantitative estimate of drug-likeness (QED) is 0.362. The fourth-order valence-electron chi connectivity index (χ4n) is 0. The van der Waals surface area contributed by atoms with Crippen molar-refractivity contribution >= 4 is 0 Å². The molecule has 5 nitrogen and oxygen atoms in total. The van der Waals surface area contributed by atoms with Crippen LogP contribution in [0, 0.1) is 0 Å². The molecule has 0 aromatic rings. The minimum absolute atomic E-state index is 0. The monoisotopic (exact) mass is 147 g/mol. The molecule has 0 saturated heterocycles. The molecule has 0 aromatic carbocycles. The van der Waals surface area contributed by atoms with E-state index < -0.39 is 0 Å². The van der Waals surface area contributed by atoms with Gasteiger partial charge in [-0.1, -0.05) is 0 Å². The summed E-state index contributed by atoms with van der Waals surface area (Å²) in [6.07, 6.45) is 0. The van der Waals surface area contributed by atoms with Crippen molar-refractivity contribution in [2.75, 3.05) is 0 Å². The van der Waals surface area contributed by atoms with E-state index in [-0.39, 0.29) is 44.2 Å². The fourth-order valence-corrected chi connectivity index (χ4v) is 0. The van der Waals surface area contributed by atoms with Gasteiger partial charge in [-0.15, -0.1) is 0 Å². The molecule has 8 N–H and O–H groups in total. The summed E-state index contributed by atoms with van der Waals surface area (Å²) < 4.78 is 0. The van der Waals surface area contributed by atoms with Crippen molar-refractivity contribution in [2.24, 2.45) is 0 Å². The average Bonchev–Trinajstić information content (AvgIpc) is 0. The van der Waals surface area contributed by atoms with Gasteiger partial charge in [-0.3, -0.25) is 0 Å². The first-order valence-corrected chi connectivity index (χ1v) is 0. The van der Waals surface area contributed by atoms with Crippen molar-refractivity contribution in [3.8, 4) is 0 Å². The average molecular weight is 147 g/mol. The summed E-state index contributed by atoms with van der Waals surface area (Å²) in [5.74, 6) is 0. The zero-order valence-corrected chi connectivity index (χ0v) is 3.77. The van der Waals surface area contributed by atoms with Crippen molar-refractivity contribution in [3.63, 3.8) is 0 Å². The minimum Gasteiger partial charge on any atom is -0.870 e. The van der Waals surface area contributed by atoms with Gasteiger partial charge in [-0.25, -0.2) is 0 Å². The van der Waals surface area contributed by atoms with Gasteiger partial charge in [0, 0.05) is 0 Å². The van der Waals surface area contributed by atoms with Crippen LogP contribution >= 0.6 is 0 Å². The van der Waals surface area contributed by atoms with Crippen molar-refractivity contribution in [1.29, 1.82) is 0 Å². The van der Waals surface area contributed by atoms with Gasteiger partial charge >= 0.3 is 16.8 Å². The van der Waals surface area contributed by atoms with E-state index in [0.29, 0.717) is 0 Å². The zero-order chi connectivity index (χ0) is 0. The van der Waals surface area contributed by atoms with E-state index in [4.69, 9.17) is 0 Å². The Bertz CT molecular complexity index is 3.90. The predicted octanol–water partition coefficient (Wildman–Crippen LogP) is -2.83. The van der Waals surface area contributed by atoms with Gasteiger partial charge in [0.25, 0.3) is 0 Å². The molecule has 0 aliphatic heterocycles. The second-order valence-electron chi connectivity index (χ2n) is 0. The van der Waals surface area contributed by atoms with Crippen LogP contribution in [0.2, 0.25) is 0 Å². The normalized spacial score (nSPS) is 0. The Kier molecular flexibility index (Phi) is 330000. The molecule has 0 amide bonds. The Labute approximate surface area is 45.1 Å². The molecule has 0 rings (SSSR count). The maximum atomic E-state index is 0. The van der Waals surface area contributed by atoms with Crippen LogP contribution in [0.4, 0.5) is 0 Å². The molecule has 0 aliphatic carbocycles. The Balaban J connectivity index is 0. The molecule has 1 radical (unpaired) electrons. The van der Waals surface area contributed by atoms with Crippen LogP contribution in [0.5, 0.6) is 0 Å². The molecule has 0 aliphatic rings. The third-order valence-corrected chi connectivity index (χ3v) is 0. The molecule has 0 aromatic heterocycles. The Hall–Kier alpha value is 0.306. The van der Waals surface area contributed by atoms with Gasteiger partial charge in [-0.2, -0.15) is 0 Å². The summed E-state index contributed by atoms with van der Waals surface area (Å²) in [5.41, 5.74) is 0. The van der Waals surface area contributed by atoms with Crippen LogP contribution in [-0.4, -0.2) is 27.4 Å². The van der Waals surface area contributed by atoms with Crippen molar-refractivity contribution in [2.45, 2.75) is 0 Å². The molecule has 0 unspecified atom stereocenters. The smallest absolute Gasteiger partial charge is 0.870 e. The first-order chi connectivity index (χ1) is 0. The zero-order valence-electron chi connectivity index (χ0n) is 2.73. The van der Waals surface area contributed by atoms with E-state index in [1.807, 2.05) is 0 Å². The summed E-state index contributed by atoms with van der Waals surface area (Å²) >= 11 is 0. The maximum Gasteiger partial charge on any atom is 2.00 e. The SMILES string of the molecule is O.O.O.[Co+2].[OH-].[OH-]. The first-order valence-electron chi connectivity index (χ1n) is 0. The van der Waals surface area contributed by atoms with Crippen LogP contribution in [0.25, 0.3) is 0 Å². The summed E-state index contributed by atoms with van der Waals surface area (Å²) in [6, 6.07) is 0. The maximum absolute atomic E-state index is 0. The van der Waals surface area contributed by atoms with Crippen LogP contribution in [0.15, 0.2) is 0 Å². The van der Waals surface area contributed by atoms with E-state index in [1.54, 1.807) is 0 Å². The molecule has 0 heterocycles.